The van der Waals surface area contributed by atoms with Gasteiger partial charge in [-0.3, -0.25) is 0 Å². The van der Waals surface area contributed by atoms with Crippen molar-refractivity contribution in [3.8, 4) is 16.8 Å². The number of rotatable bonds is 4. The first kappa shape index (κ1) is 28.6. The standard InChI is InChI=1S/C49H33N/c1-32-37-28-27-34-15-5-6-16-39(34)49(37)45(33-13-3-2-4-14-33)31-44(32)36-25-23-35(24-26-36)38-29-30-48(41-18-8-7-17-40(38)41)50-46-21-11-9-19-42(46)43-20-10-12-22-47(43)50/h2-31,44H,1H2. The second-order valence-corrected chi connectivity index (χ2v) is 13.3. The summed E-state index contributed by atoms with van der Waals surface area (Å²) in [6.07, 6.45) is 2.43. The first-order chi connectivity index (χ1) is 24.7. The molecule has 0 N–H and O–H groups in total. The van der Waals surface area contributed by atoms with Crippen LogP contribution >= 0.6 is 0 Å². The molecular formula is C49H33N. The minimum absolute atomic E-state index is 0.0716. The summed E-state index contributed by atoms with van der Waals surface area (Å²) >= 11 is 0. The highest BCUT2D eigenvalue weighted by molar-refractivity contribution is 6.11. The van der Waals surface area contributed by atoms with Gasteiger partial charge in [-0.15, -0.1) is 0 Å². The number of nitrogens with zero attached hydrogens (tertiary/aromatic N) is 1. The fraction of sp³-hybridized carbons (Fsp3) is 0.0204. The van der Waals surface area contributed by atoms with Crippen molar-refractivity contribution in [2.75, 3.05) is 0 Å². The smallest absolute Gasteiger partial charge is 0.0541 e. The number of hydrogen-bond donors (Lipinski definition) is 0. The predicted molar refractivity (Wildman–Crippen MR) is 213 cm³/mol. The van der Waals surface area contributed by atoms with Crippen LogP contribution in [0.1, 0.15) is 28.2 Å². The lowest BCUT2D eigenvalue weighted by atomic mass is 9.75. The zero-order valence-corrected chi connectivity index (χ0v) is 27.6. The van der Waals surface area contributed by atoms with Crippen molar-refractivity contribution >= 4 is 54.5 Å². The van der Waals surface area contributed by atoms with Crippen LogP contribution in [0.15, 0.2) is 189 Å². The number of hydrogen-bond acceptors (Lipinski definition) is 0. The Morgan fingerprint density at radius 1 is 0.420 bits per heavy atom. The molecule has 0 aliphatic heterocycles. The number of para-hydroxylation sites is 2. The SMILES string of the molecule is C=C1c2ccc3ccccc3c2C(c2ccccc2)=CC1c1ccc(-c2ccc(-n3c4ccccc4c4ccccc43)c3ccccc23)cc1. The Hall–Kier alpha value is -6.44. The Labute approximate surface area is 291 Å². The monoisotopic (exact) mass is 635 g/mol. The van der Waals surface area contributed by atoms with E-state index in [1.165, 1.54) is 88.0 Å². The van der Waals surface area contributed by atoms with Gasteiger partial charge in [0.2, 0.25) is 0 Å². The summed E-state index contributed by atoms with van der Waals surface area (Å²) in [6.45, 7) is 4.70. The van der Waals surface area contributed by atoms with Crippen molar-refractivity contribution in [3.63, 3.8) is 0 Å². The third kappa shape index (κ3) is 4.34. The maximum absolute atomic E-state index is 4.70. The summed E-state index contributed by atoms with van der Waals surface area (Å²) in [7, 11) is 0. The summed E-state index contributed by atoms with van der Waals surface area (Å²) in [5.41, 5.74) is 13.5. The molecule has 0 saturated carbocycles. The maximum Gasteiger partial charge on any atom is 0.0541 e. The fourth-order valence-electron chi connectivity index (χ4n) is 8.29. The van der Waals surface area contributed by atoms with Gasteiger partial charge in [-0.1, -0.05) is 170 Å². The van der Waals surface area contributed by atoms with Crippen LogP contribution in [-0.4, -0.2) is 4.57 Å². The van der Waals surface area contributed by atoms with Crippen LogP contribution in [0, 0.1) is 0 Å². The molecule has 0 saturated heterocycles. The lowest BCUT2D eigenvalue weighted by Crippen LogP contribution is -2.09. The second-order valence-electron chi connectivity index (χ2n) is 13.3. The average Bonchev–Trinajstić information content (AvgIpc) is 3.52. The minimum atomic E-state index is 0.0716. The molecule has 1 aliphatic rings. The molecule has 1 unspecified atom stereocenters. The lowest BCUT2D eigenvalue weighted by molar-refractivity contribution is 1.09. The van der Waals surface area contributed by atoms with Crippen molar-refractivity contribution in [1.82, 2.24) is 4.57 Å². The van der Waals surface area contributed by atoms with E-state index < -0.39 is 0 Å². The molecule has 0 radical (unpaired) electrons. The molecule has 0 amide bonds. The van der Waals surface area contributed by atoms with Crippen LogP contribution in [0.2, 0.25) is 0 Å². The maximum atomic E-state index is 4.70. The van der Waals surface area contributed by atoms with E-state index in [1.807, 2.05) is 0 Å². The first-order valence-electron chi connectivity index (χ1n) is 17.3. The zero-order valence-electron chi connectivity index (χ0n) is 27.6. The summed E-state index contributed by atoms with van der Waals surface area (Å²) in [4.78, 5) is 0. The number of allylic oxidation sites excluding steroid dienone is 2. The molecular weight excluding hydrogens is 603 g/mol. The normalized spacial score (nSPS) is 14.4. The highest BCUT2D eigenvalue weighted by Gasteiger charge is 2.27. The summed E-state index contributed by atoms with van der Waals surface area (Å²) < 4.78 is 2.42. The molecule has 1 aromatic heterocycles. The average molecular weight is 636 g/mol. The van der Waals surface area contributed by atoms with Crippen molar-refractivity contribution in [3.05, 3.63) is 211 Å². The largest absolute Gasteiger partial charge is 0.309 e. The van der Waals surface area contributed by atoms with Gasteiger partial charge >= 0.3 is 0 Å². The van der Waals surface area contributed by atoms with E-state index in [2.05, 4.69) is 187 Å². The van der Waals surface area contributed by atoms with Gasteiger partial charge in [0.1, 0.15) is 0 Å². The third-order valence-electron chi connectivity index (χ3n) is 10.6. The molecule has 1 aliphatic carbocycles. The van der Waals surface area contributed by atoms with Gasteiger partial charge in [-0.05, 0) is 78.9 Å². The van der Waals surface area contributed by atoms with Crippen LogP contribution < -0.4 is 0 Å². The van der Waals surface area contributed by atoms with Gasteiger partial charge < -0.3 is 4.57 Å². The van der Waals surface area contributed by atoms with Crippen molar-refractivity contribution in [2.45, 2.75) is 5.92 Å². The van der Waals surface area contributed by atoms with Crippen molar-refractivity contribution < 1.29 is 0 Å². The fourth-order valence-corrected chi connectivity index (χ4v) is 8.29. The van der Waals surface area contributed by atoms with E-state index in [4.69, 9.17) is 6.58 Å². The van der Waals surface area contributed by atoms with Crippen LogP contribution in [0.3, 0.4) is 0 Å². The molecule has 50 heavy (non-hydrogen) atoms. The molecule has 1 atom stereocenters. The Morgan fingerprint density at radius 2 is 1.00 bits per heavy atom. The highest BCUT2D eigenvalue weighted by atomic mass is 15.0. The third-order valence-corrected chi connectivity index (χ3v) is 10.6. The van der Waals surface area contributed by atoms with Crippen molar-refractivity contribution in [2.24, 2.45) is 0 Å². The molecule has 0 spiro atoms. The lowest BCUT2D eigenvalue weighted by Gasteiger charge is -2.29. The van der Waals surface area contributed by atoms with E-state index in [0.29, 0.717) is 0 Å². The van der Waals surface area contributed by atoms with Gasteiger partial charge in [0.15, 0.2) is 0 Å². The Bertz CT molecular complexity index is 2760. The van der Waals surface area contributed by atoms with Gasteiger partial charge in [-0.25, -0.2) is 0 Å². The van der Waals surface area contributed by atoms with Gasteiger partial charge in [0, 0.05) is 22.1 Å². The molecule has 1 nitrogen and oxygen atoms in total. The van der Waals surface area contributed by atoms with Gasteiger partial charge in [0.05, 0.1) is 16.7 Å². The summed E-state index contributed by atoms with van der Waals surface area (Å²) in [5.74, 6) is 0.0716. The van der Waals surface area contributed by atoms with Crippen LogP contribution in [0.25, 0.3) is 71.3 Å². The van der Waals surface area contributed by atoms with Gasteiger partial charge in [0.25, 0.3) is 0 Å². The van der Waals surface area contributed by atoms with E-state index in [9.17, 15) is 0 Å². The van der Waals surface area contributed by atoms with E-state index in [0.717, 1.165) is 5.57 Å². The van der Waals surface area contributed by atoms with Crippen LogP contribution in [0.4, 0.5) is 0 Å². The summed E-state index contributed by atoms with van der Waals surface area (Å²) in [5, 5.41) is 7.55. The van der Waals surface area contributed by atoms with Crippen LogP contribution in [0.5, 0.6) is 0 Å². The van der Waals surface area contributed by atoms with E-state index >= 15 is 0 Å². The topological polar surface area (TPSA) is 4.93 Å². The predicted octanol–water partition coefficient (Wildman–Crippen LogP) is 13.0. The molecule has 0 fully saturated rings. The van der Waals surface area contributed by atoms with E-state index in [-0.39, 0.29) is 5.92 Å². The quantitative estimate of drug-likeness (QED) is 0.181. The molecule has 1 heteroatoms. The molecule has 10 rings (SSSR count). The zero-order chi connectivity index (χ0) is 33.2. The molecule has 1 heterocycles. The second kappa shape index (κ2) is 11.3. The van der Waals surface area contributed by atoms with E-state index in [1.54, 1.807) is 0 Å². The highest BCUT2D eigenvalue weighted by Crippen LogP contribution is 2.47. The molecule has 8 aromatic carbocycles. The number of aromatic nitrogens is 1. The van der Waals surface area contributed by atoms with Crippen molar-refractivity contribution in [1.29, 1.82) is 0 Å². The van der Waals surface area contributed by atoms with Crippen LogP contribution in [-0.2, 0) is 0 Å². The molecule has 9 aromatic rings. The number of benzene rings is 8. The Morgan fingerprint density at radius 3 is 1.72 bits per heavy atom. The minimum Gasteiger partial charge on any atom is -0.309 e. The Kier molecular flexibility index (Phi) is 6.47. The first-order valence-corrected chi connectivity index (χ1v) is 17.3. The Balaban J connectivity index is 1.09. The molecule has 234 valence electrons. The van der Waals surface area contributed by atoms with Gasteiger partial charge in [-0.2, -0.15) is 0 Å². The number of fused-ring (bicyclic) bond motifs is 7. The molecule has 0 bridgehead atoms. The summed E-state index contributed by atoms with van der Waals surface area (Å²) in [6, 6.07) is 64.0.